The van der Waals surface area contributed by atoms with Gasteiger partial charge < -0.3 is 5.32 Å². The van der Waals surface area contributed by atoms with E-state index in [1.165, 1.54) is 12.8 Å². The van der Waals surface area contributed by atoms with Crippen molar-refractivity contribution < 1.29 is 0 Å². The Hall–Kier alpha value is -1.16. The molecule has 1 N–H and O–H groups in total. The molecule has 0 atom stereocenters. The number of halogens is 1. The van der Waals surface area contributed by atoms with Crippen molar-refractivity contribution in [1.82, 2.24) is 9.97 Å². The van der Waals surface area contributed by atoms with Gasteiger partial charge in [-0.15, -0.1) is 0 Å². The Morgan fingerprint density at radius 1 is 1.35 bits per heavy atom. The van der Waals surface area contributed by atoms with Crippen LogP contribution in [0.15, 0.2) is 28.9 Å². The van der Waals surface area contributed by atoms with E-state index in [4.69, 9.17) is 0 Å². The Morgan fingerprint density at radius 3 is 2.94 bits per heavy atom. The van der Waals surface area contributed by atoms with Gasteiger partial charge in [-0.05, 0) is 40.8 Å². The molecule has 1 aliphatic carbocycles. The van der Waals surface area contributed by atoms with E-state index in [-0.39, 0.29) is 0 Å². The zero-order valence-corrected chi connectivity index (χ0v) is 11.2. The number of benzene rings is 1. The number of para-hydroxylation sites is 1. The lowest BCUT2D eigenvalue weighted by Gasteiger charge is -2.33. The molecule has 1 heterocycles. The first-order chi connectivity index (χ1) is 8.22. The third-order valence-corrected chi connectivity index (χ3v) is 3.91. The minimum absolute atomic E-state index is 0.546. The van der Waals surface area contributed by atoms with Crippen LogP contribution in [-0.2, 0) is 0 Å². The molecule has 0 amide bonds. The average molecular weight is 292 g/mol. The Balaban J connectivity index is 1.88. The summed E-state index contributed by atoms with van der Waals surface area (Å²) in [7, 11) is 0. The van der Waals surface area contributed by atoms with Gasteiger partial charge in [-0.2, -0.15) is 0 Å². The van der Waals surface area contributed by atoms with Gasteiger partial charge in [0, 0.05) is 22.1 Å². The standard InChI is InChI=1S/C13H14BrN3/c1-8-5-10(6-8)16-13-15-7-9-3-2-4-11(14)12(9)17-13/h2-4,7-8,10H,5-6H2,1H3,(H,15,16,17). The molecular formula is C13H14BrN3. The van der Waals surface area contributed by atoms with Crippen molar-refractivity contribution in [3.05, 3.63) is 28.9 Å². The molecule has 0 saturated heterocycles. The first-order valence-electron chi connectivity index (χ1n) is 5.90. The maximum atomic E-state index is 4.55. The molecule has 3 rings (SSSR count). The van der Waals surface area contributed by atoms with Crippen LogP contribution in [0.4, 0.5) is 5.95 Å². The summed E-state index contributed by atoms with van der Waals surface area (Å²) in [4.78, 5) is 8.90. The number of rotatable bonds is 2. The highest BCUT2D eigenvalue weighted by atomic mass is 79.9. The van der Waals surface area contributed by atoms with Gasteiger partial charge in [0.1, 0.15) is 0 Å². The van der Waals surface area contributed by atoms with Crippen molar-refractivity contribution in [1.29, 1.82) is 0 Å². The minimum Gasteiger partial charge on any atom is -0.351 e. The van der Waals surface area contributed by atoms with Gasteiger partial charge in [-0.1, -0.05) is 19.1 Å². The van der Waals surface area contributed by atoms with Crippen LogP contribution in [-0.4, -0.2) is 16.0 Å². The molecule has 1 fully saturated rings. The van der Waals surface area contributed by atoms with Gasteiger partial charge in [-0.25, -0.2) is 9.97 Å². The van der Waals surface area contributed by atoms with E-state index in [1.54, 1.807) is 0 Å². The summed E-state index contributed by atoms with van der Waals surface area (Å²) >= 11 is 3.52. The molecule has 17 heavy (non-hydrogen) atoms. The number of nitrogens with one attached hydrogen (secondary N) is 1. The molecule has 2 aromatic rings. The van der Waals surface area contributed by atoms with E-state index in [0.717, 1.165) is 27.2 Å². The SMILES string of the molecule is CC1CC(Nc2ncc3cccc(Br)c3n2)C1. The van der Waals surface area contributed by atoms with Crippen molar-refractivity contribution in [2.75, 3.05) is 5.32 Å². The van der Waals surface area contributed by atoms with Crippen molar-refractivity contribution >= 4 is 32.8 Å². The van der Waals surface area contributed by atoms with Gasteiger partial charge in [-0.3, -0.25) is 0 Å². The van der Waals surface area contributed by atoms with E-state index in [2.05, 4.69) is 38.1 Å². The first kappa shape index (κ1) is 11.0. The fourth-order valence-corrected chi connectivity index (χ4v) is 2.76. The third kappa shape index (κ3) is 2.14. The lowest BCUT2D eigenvalue weighted by molar-refractivity contribution is 0.308. The molecule has 0 radical (unpaired) electrons. The monoisotopic (exact) mass is 291 g/mol. The van der Waals surface area contributed by atoms with E-state index < -0.39 is 0 Å². The molecule has 88 valence electrons. The molecule has 1 aliphatic rings. The van der Waals surface area contributed by atoms with Crippen LogP contribution in [0.1, 0.15) is 19.8 Å². The molecule has 0 aliphatic heterocycles. The predicted molar refractivity (Wildman–Crippen MR) is 73.0 cm³/mol. The third-order valence-electron chi connectivity index (χ3n) is 3.27. The van der Waals surface area contributed by atoms with Crippen LogP contribution in [0.5, 0.6) is 0 Å². The summed E-state index contributed by atoms with van der Waals surface area (Å²) in [5.74, 6) is 1.57. The van der Waals surface area contributed by atoms with E-state index in [0.29, 0.717) is 6.04 Å². The lowest BCUT2D eigenvalue weighted by Crippen LogP contribution is -2.34. The van der Waals surface area contributed by atoms with Crippen molar-refractivity contribution in [2.24, 2.45) is 5.92 Å². The second-order valence-corrected chi connectivity index (χ2v) is 5.64. The van der Waals surface area contributed by atoms with Gasteiger partial charge in [0.2, 0.25) is 5.95 Å². The lowest BCUT2D eigenvalue weighted by atomic mass is 9.82. The number of hydrogen-bond acceptors (Lipinski definition) is 3. The fraction of sp³-hybridized carbons (Fsp3) is 0.385. The van der Waals surface area contributed by atoms with Crippen LogP contribution < -0.4 is 5.32 Å². The van der Waals surface area contributed by atoms with Crippen LogP contribution in [0.25, 0.3) is 10.9 Å². The molecule has 0 bridgehead atoms. The van der Waals surface area contributed by atoms with E-state index in [1.807, 2.05) is 24.4 Å². The van der Waals surface area contributed by atoms with Crippen LogP contribution in [0, 0.1) is 5.92 Å². The van der Waals surface area contributed by atoms with E-state index >= 15 is 0 Å². The number of hydrogen-bond donors (Lipinski definition) is 1. The van der Waals surface area contributed by atoms with Gasteiger partial charge in [0.15, 0.2) is 0 Å². The Labute approximate surface area is 109 Å². The molecule has 4 heteroatoms. The Morgan fingerprint density at radius 2 is 2.18 bits per heavy atom. The second kappa shape index (κ2) is 4.26. The quantitative estimate of drug-likeness (QED) is 0.919. The summed E-state index contributed by atoms with van der Waals surface area (Å²) in [5, 5.41) is 4.45. The van der Waals surface area contributed by atoms with Gasteiger partial charge in [0.05, 0.1) is 5.52 Å². The summed E-state index contributed by atoms with van der Waals surface area (Å²) in [6, 6.07) is 6.57. The maximum absolute atomic E-state index is 4.55. The summed E-state index contributed by atoms with van der Waals surface area (Å²) < 4.78 is 1.02. The number of anilines is 1. The smallest absolute Gasteiger partial charge is 0.223 e. The van der Waals surface area contributed by atoms with Gasteiger partial charge in [0.25, 0.3) is 0 Å². The van der Waals surface area contributed by atoms with Crippen LogP contribution in [0.3, 0.4) is 0 Å². The van der Waals surface area contributed by atoms with E-state index in [9.17, 15) is 0 Å². The van der Waals surface area contributed by atoms with Gasteiger partial charge >= 0.3 is 0 Å². The molecule has 1 aromatic carbocycles. The molecule has 0 unspecified atom stereocenters. The first-order valence-corrected chi connectivity index (χ1v) is 6.69. The zero-order chi connectivity index (χ0) is 11.8. The molecular weight excluding hydrogens is 278 g/mol. The molecule has 0 spiro atoms. The molecule has 1 saturated carbocycles. The Bertz CT molecular complexity index is 549. The predicted octanol–water partition coefficient (Wildman–Crippen LogP) is 3.60. The highest BCUT2D eigenvalue weighted by Crippen LogP contribution is 2.29. The number of aromatic nitrogens is 2. The average Bonchev–Trinajstić information content (AvgIpc) is 2.28. The summed E-state index contributed by atoms with van der Waals surface area (Å²) in [6.07, 6.45) is 4.31. The topological polar surface area (TPSA) is 37.8 Å². The van der Waals surface area contributed by atoms with Crippen molar-refractivity contribution in [2.45, 2.75) is 25.8 Å². The largest absolute Gasteiger partial charge is 0.351 e. The highest BCUT2D eigenvalue weighted by molar-refractivity contribution is 9.10. The maximum Gasteiger partial charge on any atom is 0.223 e. The highest BCUT2D eigenvalue weighted by Gasteiger charge is 2.25. The minimum atomic E-state index is 0.546. The number of fused-ring (bicyclic) bond motifs is 1. The summed E-state index contributed by atoms with van der Waals surface area (Å²) in [5.41, 5.74) is 0.970. The Kier molecular flexibility index (Phi) is 2.74. The fourth-order valence-electron chi connectivity index (χ4n) is 2.29. The second-order valence-electron chi connectivity index (χ2n) is 4.79. The molecule has 1 aromatic heterocycles. The van der Waals surface area contributed by atoms with Crippen molar-refractivity contribution in [3.8, 4) is 0 Å². The summed E-state index contributed by atoms with van der Waals surface area (Å²) in [6.45, 7) is 2.27. The van der Waals surface area contributed by atoms with Crippen LogP contribution in [0.2, 0.25) is 0 Å². The number of nitrogens with zero attached hydrogens (tertiary/aromatic N) is 2. The van der Waals surface area contributed by atoms with Crippen molar-refractivity contribution in [3.63, 3.8) is 0 Å². The normalized spacial score (nSPS) is 23.4. The zero-order valence-electron chi connectivity index (χ0n) is 9.65. The van der Waals surface area contributed by atoms with Crippen LogP contribution >= 0.6 is 15.9 Å². The molecule has 3 nitrogen and oxygen atoms in total.